The Labute approximate surface area is 190 Å². The number of pyridine rings is 1. The molecule has 2 aromatic carbocycles. The molecule has 4 heteroatoms. The minimum absolute atomic E-state index is 0.260. The Morgan fingerprint density at radius 3 is 2.29 bits per heavy atom. The molecule has 1 atom stereocenters. The fraction of sp³-hybridized carbons (Fsp3) is 0.296. The Morgan fingerprint density at radius 2 is 1.65 bits per heavy atom. The smallest absolute Gasteiger partial charge is 0.137 e. The first kappa shape index (κ1) is 16.4. The average molecular weight is 419 g/mol. The van der Waals surface area contributed by atoms with Crippen LogP contribution in [0.5, 0.6) is 11.5 Å². The van der Waals surface area contributed by atoms with Crippen molar-refractivity contribution in [2.24, 2.45) is 0 Å². The highest BCUT2D eigenvalue weighted by atomic mass is 16.5. The molecule has 0 aliphatic carbocycles. The van der Waals surface area contributed by atoms with E-state index in [0.29, 0.717) is 5.75 Å². The molecule has 0 bridgehead atoms. The summed E-state index contributed by atoms with van der Waals surface area (Å²) in [5.74, 6) is 1.15. The summed E-state index contributed by atoms with van der Waals surface area (Å²) in [4.78, 5) is 4.59. The van der Waals surface area contributed by atoms with Crippen LogP contribution in [0.4, 0.5) is 0 Å². The molecule has 2 heterocycles. The lowest BCUT2D eigenvalue weighted by Gasteiger charge is -2.21. The second-order valence-corrected chi connectivity index (χ2v) is 8.66. The summed E-state index contributed by atoms with van der Waals surface area (Å²) >= 11 is 0. The zero-order valence-corrected chi connectivity index (χ0v) is 18.6. The van der Waals surface area contributed by atoms with Gasteiger partial charge in [0.05, 0.1) is 19.3 Å². The van der Waals surface area contributed by atoms with Crippen LogP contribution in [0.1, 0.15) is 45.6 Å². The molecule has 2 aromatic heterocycles. The number of hydrogen-bond donors (Lipinski definition) is 0. The number of imidazole rings is 1. The van der Waals surface area contributed by atoms with Crippen LogP contribution < -0.4 is 9.47 Å². The topological polar surface area (TPSA) is 35.8 Å². The van der Waals surface area contributed by atoms with Crippen LogP contribution in [0.25, 0.3) is 28.0 Å². The summed E-state index contributed by atoms with van der Waals surface area (Å²) in [5, 5.41) is 0. The van der Waals surface area contributed by atoms with Crippen LogP contribution >= 0.6 is 0 Å². The van der Waals surface area contributed by atoms with Crippen molar-refractivity contribution < 1.29 is 15.0 Å². The summed E-state index contributed by atoms with van der Waals surface area (Å²) in [5.41, 5.74) is 5.60. The number of ether oxygens (including phenoxy) is 2. The summed E-state index contributed by atoms with van der Waals surface area (Å²) in [6.07, 6.45) is 1.89. The predicted molar refractivity (Wildman–Crippen MR) is 127 cm³/mol. The van der Waals surface area contributed by atoms with Crippen molar-refractivity contribution in [3.63, 3.8) is 0 Å². The molecular weight excluding hydrogens is 384 g/mol. The van der Waals surface area contributed by atoms with Gasteiger partial charge in [-0.25, -0.2) is 4.98 Å². The molecule has 0 spiro atoms. The van der Waals surface area contributed by atoms with Gasteiger partial charge in [-0.1, -0.05) is 12.1 Å². The monoisotopic (exact) mass is 418 g/mol. The highest BCUT2D eigenvalue weighted by Crippen LogP contribution is 2.30. The van der Waals surface area contributed by atoms with Gasteiger partial charge >= 0.3 is 0 Å². The van der Waals surface area contributed by atoms with E-state index in [1.165, 1.54) is 6.92 Å². The number of aromatic nitrogens is 2. The van der Waals surface area contributed by atoms with Crippen molar-refractivity contribution in [3.8, 4) is 33.9 Å². The van der Waals surface area contributed by atoms with Gasteiger partial charge in [-0.05, 0) is 95.1 Å². The van der Waals surface area contributed by atoms with E-state index in [2.05, 4.69) is 15.6 Å². The summed E-state index contributed by atoms with van der Waals surface area (Å²) in [7, 11) is 0. The molecule has 4 nitrogen and oxygen atoms in total. The zero-order valence-electron chi connectivity index (χ0n) is 22.6. The van der Waals surface area contributed by atoms with E-state index in [1.807, 2.05) is 76.4 Å². The lowest BCUT2D eigenvalue weighted by Crippen LogP contribution is -2.22. The molecule has 31 heavy (non-hydrogen) atoms. The normalized spacial score (nSPS) is 16.0. The lowest BCUT2D eigenvalue weighted by molar-refractivity contribution is 0.131. The third kappa shape index (κ3) is 4.74. The van der Waals surface area contributed by atoms with Crippen molar-refractivity contribution in [2.75, 3.05) is 0 Å². The third-order valence-corrected chi connectivity index (χ3v) is 4.86. The van der Waals surface area contributed by atoms with Gasteiger partial charge in [-0.15, -0.1) is 0 Å². The Bertz CT molecular complexity index is 1330. The van der Waals surface area contributed by atoms with Gasteiger partial charge in [0.15, 0.2) is 0 Å². The van der Waals surface area contributed by atoms with Gasteiger partial charge in [0, 0.05) is 21.4 Å². The van der Waals surface area contributed by atoms with E-state index in [-0.39, 0.29) is 5.60 Å². The molecule has 1 unspecified atom stereocenters. The first-order chi connectivity index (χ1) is 16.2. The minimum Gasteiger partial charge on any atom is -0.491 e. The molecule has 4 rings (SSSR count). The van der Waals surface area contributed by atoms with E-state index in [9.17, 15) is 0 Å². The van der Waals surface area contributed by atoms with Crippen molar-refractivity contribution in [2.45, 2.75) is 53.2 Å². The number of aryl methyl sites for hydroxylation is 1. The SMILES string of the molecule is [2H]C([2H])([2H])C([2H])(C)Oc1ccc(-c2cn3c(-c4ccc(OC(C)(C)C)cc4)cnc3cc2C)cc1. The summed E-state index contributed by atoms with van der Waals surface area (Å²) < 4.78 is 43.9. The molecule has 0 aliphatic heterocycles. The zero-order chi connectivity index (χ0) is 25.6. The first-order valence-corrected chi connectivity index (χ1v) is 10.3. The van der Waals surface area contributed by atoms with Crippen molar-refractivity contribution >= 4 is 5.65 Å². The van der Waals surface area contributed by atoms with Gasteiger partial charge < -0.3 is 9.47 Å². The molecule has 0 saturated carbocycles. The second kappa shape index (κ2) is 8.10. The molecular formula is C27H30N2O2. The molecule has 4 aromatic rings. The molecule has 0 radical (unpaired) electrons. The van der Waals surface area contributed by atoms with Crippen LogP contribution in [-0.4, -0.2) is 21.1 Å². The van der Waals surface area contributed by atoms with Gasteiger partial charge in [-0.2, -0.15) is 0 Å². The van der Waals surface area contributed by atoms with Crippen LogP contribution in [0, 0.1) is 6.92 Å². The average Bonchev–Trinajstić information content (AvgIpc) is 3.15. The minimum atomic E-state index is -2.55. The molecule has 0 aliphatic rings. The number of nitrogens with zero attached hydrogens (tertiary/aromatic N) is 2. The lowest BCUT2D eigenvalue weighted by atomic mass is 10.0. The number of hydrogen-bond acceptors (Lipinski definition) is 3. The Morgan fingerprint density at radius 1 is 1.00 bits per heavy atom. The highest BCUT2D eigenvalue weighted by molar-refractivity contribution is 5.72. The van der Waals surface area contributed by atoms with E-state index in [1.54, 1.807) is 12.1 Å². The Hall–Kier alpha value is -3.27. The highest BCUT2D eigenvalue weighted by Gasteiger charge is 2.13. The maximum atomic E-state index is 8.00. The van der Waals surface area contributed by atoms with E-state index < -0.39 is 12.9 Å². The van der Waals surface area contributed by atoms with E-state index >= 15 is 0 Å². The summed E-state index contributed by atoms with van der Waals surface area (Å²) in [6, 6.07) is 17.2. The largest absolute Gasteiger partial charge is 0.491 e. The molecule has 0 fully saturated rings. The van der Waals surface area contributed by atoms with E-state index in [4.69, 9.17) is 15.0 Å². The molecule has 0 amide bonds. The van der Waals surface area contributed by atoms with Crippen LogP contribution in [-0.2, 0) is 0 Å². The Kier molecular flexibility index (Phi) is 4.29. The molecule has 160 valence electrons. The standard InChI is InChI=1S/C27H30N2O2/c1-18(2)30-22-11-7-20(8-12-22)24-17-29-25(16-28-26(29)15-19(24)3)21-9-13-23(14-10-21)31-27(4,5)6/h7-18H,1-6H3/i1D3,18D. The van der Waals surface area contributed by atoms with Gasteiger partial charge in [0.2, 0.25) is 0 Å². The van der Waals surface area contributed by atoms with Crippen molar-refractivity contribution in [1.82, 2.24) is 9.38 Å². The maximum absolute atomic E-state index is 8.00. The van der Waals surface area contributed by atoms with E-state index in [0.717, 1.165) is 39.3 Å². The maximum Gasteiger partial charge on any atom is 0.137 e. The van der Waals surface area contributed by atoms with Crippen LogP contribution in [0.3, 0.4) is 0 Å². The molecule has 0 N–H and O–H groups in total. The fourth-order valence-electron chi connectivity index (χ4n) is 3.56. The van der Waals surface area contributed by atoms with Crippen molar-refractivity contribution in [3.05, 3.63) is 72.6 Å². The number of rotatable bonds is 5. The van der Waals surface area contributed by atoms with Crippen molar-refractivity contribution in [1.29, 1.82) is 0 Å². The van der Waals surface area contributed by atoms with Crippen LogP contribution in [0.15, 0.2) is 67.0 Å². The Balaban J connectivity index is 1.65. The van der Waals surface area contributed by atoms with Crippen LogP contribution in [0.2, 0.25) is 0 Å². The number of benzene rings is 2. The molecule has 0 saturated heterocycles. The second-order valence-electron chi connectivity index (χ2n) is 8.66. The predicted octanol–water partition coefficient (Wildman–Crippen LogP) is 6.94. The third-order valence-electron chi connectivity index (χ3n) is 4.86. The fourth-order valence-corrected chi connectivity index (χ4v) is 3.56. The number of fused-ring (bicyclic) bond motifs is 1. The first-order valence-electron chi connectivity index (χ1n) is 12.3. The van der Waals surface area contributed by atoms with Gasteiger partial charge in [-0.3, -0.25) is 4.40 Å². The quantitative estimate of drug-likeness (QED) is 0.352. The van der Waals surface area contributed by atoms with Gasteiger partial charge in [0.25, 0.3) is 0 Å². The van der Waals surface area contributed by atoms with Gasteiger partial charge in [0.1, 0.15) is 22.7 Å². The summed E-state index contributed by atoms with van der Waals surface area (Å²) in [6.45, 7) is 6.78.